The highest BCUT2D eigenvalue weighted by Gasteiger charge is 2.22. The monoisotopic (exact) mass is 241 g/mol. The average molecular weight is 241 g/mol. The number of anilines is 1. The fourth-order valence-corrected chi connectivity index (χ4v) is 1.20. The van der Waals surface area contributed by atoms with Gasteiger partial charge in [0.2, 0.25) is 5.95 Å². The van der Waals surface area contributed by atoms with Crippen molar-refractivity contribution >= 4 is 11.6 Å². The summed E-state index contributed by atoms with van der Waals surface area (Å²) in [5.41, 5.74) is 5.38. The van der Waals surface area contributed by atoms with E-state index in [1.54, 1.807) is 0 Å². The Morgan fingerprint density at radius 3 is 2.65 bits per heavy atom. The third kappa shape index (κ3) is 3.52. The first-order chi connectivity index (χ1) is 7.91. The van der Waals surface area contributed by atoms with E-state index in [4.69, 9.17) is 10.5 Å². The molecule has 0 spiro atoms. The lowest BCUT2D eigenvalue weighted by atomic mass is 10.3. The van der Waals surface area contributed by atoms with E-state index < -0.39 is 4.92 Å². The van der Waals surface area contributed by atoms with E-state index in [9.17, 15) is 10.1 Å². The van der Waals surface area contributed by atoms with Gasteiger partial charge in [-0.05, 0) is 21.0 Å². The molecular weight excluding hydrogens is 226 g/mol. The number of nitrogen functional groups attached to an aromatic ring is 1. The topological polar surface area (TPSA) is 107 Å². The van der Waals surface area contributed by atoms with Crippen molar-refractivity contribution in [3.63, 3.8) is 0 Å². The van der Waals surface area contributed by atoms with Gasteiger partial charge in [-0.25, -0.2) is 4.98 Å². The van der Waals surface area contributed by atoms with E-state index in [0.29, 0.717) is 13.2 Å². The summed E-state index contributed by atoms with van der Waals surface area (Å²) in [5.74, 6) is -0.116. The number of hydrogen-bond donors (Lipinski definition) is 1. The Morgan fingerprint density at radius 2 is 2.12 bits per heavy atom. The van der Waals surface area contributed by atoms with Gasteiger partial charge in [-0.1, -0.05) is 0 Å². The summed E-state index contributed by atoms with van der Waals surface area (Å²) in [4.78, 5) is 19.6. The van der Waals surface area contributed by atoms with Gasteiger partial charge in [0.25, 0.3) is 5.88 Å². The second-order valence-electron chi connectivity index (χ2n) is 3.73. The molecule has 0 radical (unpaired) electrons. The predicted molar refractivity (Wildman–Crippen MR) is 61.9 cm³/mol. The van der Waals surface area contributed by atoms with Gasteiger partial charge >= 0.3 is 5.69 Å². The Kier molecular flexibility index (Phi) is 4.16. The number of nitrogens with zero attached hydrogens (tertiary/aromatic N) is 4. The molecule has 0 fully saturated rings. The normalized spacial score (nSPS) is 10.6. The van der Waals surface area contributed by atoms with Crippen LogP contribution in [0.3, 0.4) is 0 Å². The van der Waals surface area contributed by atoms with Gasteiger partial charge in [0.05, 0.1) is 4.92 Å². The van der Waals surface area contributed by atoms with Crippen molar-refractivity contribution in [2.24, 2.45) is 0 Å². The van der Waals surface area contributed by atoms with Gasteiger partial charge in [0.1, 0.15) is 12.3 Å². The van der Waals surface area contributed by atoms with Crippen LogP contribution in [0.2, 0.25) is 0 Å². The molecule has 17 heavy (non-hydrogen) atoms. The highest BCUT2D eigenvalue weighted by Crippen LogP contribution is 2.27. The minimum absolute atomic E-state index is 0.0343. The minimum Gasteiger partial charge on any atom is -0.471 e. The van der Waals surface area contributed by atoms with E-state index >= 15 is 0 Å². The van der Waals surface area contributed by atoms with Crippen molar-refractivity contribution in [1.82, 2.24) is 14.9 Å². The summed E-state index contributed by atoms with van der Waals surface area (Å²) in [7, 11) is 3.74. The van der Waals surface area contributed by atoms with E-state index in [1.807, 2.05) is 19.0 Å². The molecule has 0 atom stereocenters. The average Bonchev–Trinajstić information content (AvgIpc) is 2.14. The summed E-state index contributed by atoms with van der Waals surface area (Å²) < 4.78 is 5.26. The van der Waals surface area contributed by atoms with Crippen LogP contribution in [0.4, 0.5) is 11.6 Å². The number of nitro groups is 1. The Bertz CT molecular complexity index is 421. The molecule has 0 aliphatic rings. The third-order valence-electron chi connectivity index (χ3n) is 2.00. The Labute approximate surface area is 98.6 Å². The second-order valence-corrected chi connectivity index (χ2v) is 3.73. The summed E-state index contributed by atoms with van der Waals surface area (Å²) >= 11 is 0. The summed E-state index contributed by atoms with van der Waals surface area (Å²) in [6.45, 7) is 2.42. The molecule has 94 valence electrons. The van der Waals surface area contributed by atoms with Crippen molar-refractivity contribution in [3.8, 4) is 5.88 Å². The highest BCUT2D eigenvalue weighted by molar-refractivity contribution is 5.47. The van der Waals surface area contributed by atoms with Crippen LogP contribution in [-0.4, -0.2) is 47.0 Å². The van der Waals surface area contributed by atoms with E-state index in [2.05, 4.69) is 9.97 Å². The number of aromatic nitrogens is 2. The van der Waals surface area contributed by atoms with Crippen molar-refractivity contribution in [2.75, 3.05) is 33.0 Å². The van der Waals surface area contributed by atoms with E-state index in [-0.39, 0.29) is 23.2 Å². The molecule has 0 saturated carbocycles. The largest absolute Gasteiger partial charge is 0.471 e. The molecular formula is C9H15N5O3. The maximum Gasteiger partial charge on any atom is 0.352 e. The van der Waals surface area contributed by atoms with Crippen LogP contribution in [0, 0.1) is 17.0 Å². The van der Waals surface area contributed by atoms with Crippen LogP contribution >= 0.6 is 0 Å². The summed E-state index contributed by atoms with van der Waals surface area (Å²) in [5, 5.41) is 10.8. The SMILES string of the molecule is Cc1nc(N)nc(OCCN(C)C)c1[N+](=O)[O-]. The van der Waals surface area contributed by atoms with Gasteiger partial charge in [0, 0.05) is 6.54 Å². The molecule has 0 aromatic carbocycles. The third-order valence-corrected chi connectivity index (χ3v) is 2.00. The molecule has 8 nitrogen and oxygen atoms in total. The number of nitrogens with two attached hydrogens (primary N) is 1. The minimum atomic E-state index is -0.570. The molecule has 0 aliphatic carbocycles. The number of likely N-dealkylation sites (N-methyl/N-ethyl adjacent to an activating group) is 1. The molecule has 0 bridgehead atoms. The van der Waals surface area contributed by atoms with Crippen molar-refractivity contribution < 1.29 is 9.66 Å². The lowest BCUT2D eigenvalue weighted by Gasteiger charge is -2.11. The van der Waals surface area contributed by atoms with Crippen LogP contribution in [0.5, 0.6) is 5.88 Å². The van der Waals surface area contributed by atoms with Gasteiger partial charge in [-0.3, -0.25) is 10.1 Å². The maximum atomic E-state index is 10.8. The number of rotatable bonds is 5. The zero-order valence-electron chi connectivity index (χ0n) is 10.0. The number of hydrogen-bond acceptors (Lipinski definition) is 7. The first-order valence-electron chi connectivity index (χ1n) is 4.98. The zero-order chi connectivity index (χ0) is 13.0. The van der Waals surface area contributed by atoms with Gasteiger partial charge in [-0.2, -0.15) is 4.98 Å². The molecule has 1 heterocycles. The Morgan fingerprint density at radius 1 is 1.47 bits per heavy atom. The van der Waals surface area contributed by atoms with Gasteiger partial charge < -0.3 is 15.4 Å². The molecule has 1 rings (SSSR count). The summed E-state index contributed by atoms with van der Waals surface area (Å²) in [6.07, 6.45) is 0. The van der Waals surface area contributed by atoms with Crippen LogP contribution in [0.25, 0.3) is 0 Å². The van der Waals surface area contributed by atoms with Gasteiger partial charge in [-0.15, -0.1) is 0 Å². The molecule has 0 amide bonds. The Hall–Kier alpha value is -1.96. The van der Waals surface area contributed by atoms with Crippen molar-refractivity contribution in [3.05, 3.63) is 15.8 Å². The van der Waals surface area contributed by atoms with Crippen LogP contribution < -0.4 is 10.5 Å². The van der Waals surface area contributed by atoms with Crippen LogP contribution in [-0.2, 0) is 0 Å². The molecule has 2 N–H and O–H groups in total. The molecule has 0 saturated heterocycles. The van der Waals surface area contributed by atoms with Crippen LogP contribution in [0.1, 0.15) is 5.69 Å². The van der Waals surface area contributed by atoms with Crippen molar-refractivity contribution in [1.29, 1.82) is 0 Å². The quantitative estimate of drug-likeness (QED) is 0.580. The number of ether oxygens (including phenoxy) is 1. The van der Waals surface area contributed by atoms with Gasteiger partial charge in [0.15, 0.2) is 0 Å². The standard InChI is InChI=1S/C9H15N5O3/c1-6-7(14(15)16)8(12-9(10)11-6)17-5-4-13(2)3/h4-5H2,1-3H3,(H2,10,11,12). The Balaban J connectivity index is 2.92. The zero-order valence-corrected chi connectivity index (χ0v) is 10.0. The molecule has 0 unspecified atom stereocenters. The fraction of sp³-hybridized carbons (Fsp3) is 0.556. The second kappa shape index (κ2) is 5.39. The molecule has 8 heteroatoms. The molecule has 0 aliphatic heterocycles. The first-order valence-corrected chi connectivity index (χ1v) is 4.98. The lowest BCUT2D eigenvalue weighted by molar-refractivity contribution is -0.387. The molecule has 1 aromatic heterocycles. The molecule has 1 aromatic rings. The van der Waals surface area contributed by atoms with E-state index in [0.717, 1.165) is 0 Å². The maximum absolute atomic E-state index is 10.8. The first kappa shape index (κ1) is 13.1. The van der Waals surface area contributed by atoms with E-state index in [1.165, 1.54) is 6.92 Å². The smallest absolute Gasteiger partial charge is 0.352 e. The van der Waals surface area contributed by atoms with Crippen LogP contribution in [0.15, 0.2) is 0 Å². The van der Waals surface area contributed by atoms with Crippen molar-refractivity contribution in [2.45, 2.75) is 6.92 Å². The lowest BCUT2D eigenvalue weighted by Crippen LogP contribution is -2.20. The highest BCUT2D eigenvalue weighted by atomic mass is 16.6. The summed E-state index contributed by atoms with van der Waals surface area (Å²) in [6, 6.07) is 0. The fourth-order valence-electron chi connectivity index (χ4n) is 1.20. The predicted octanol–water partition coefficient (Wildman–Crippen LogP) is 0.216. The number of aryl methyl sites for hydroxylation is 1.